The lowest BCUT2D eigenvalue weighted by Crippen LogP contribution is -1.92. The van der Waals surface area contributed by atoms with Gasteiger partial charge in [-0.1, -0.05) is 24.3 Å². The monoisotopic (exact) mass is 161 g/mol. The van der Waals surface area contributed by atoms with Crippen LogP contribution >= 0.6 is 0 Å². The van der Waals surface area contributed by atoms with E-state index in [1.165, 1.54) is 0 Å². The smallest absolute Gasteiger partial charge is 0.211 e. The minimum absolute atomic E-state index is 0.671. The zero-order chi connectivity index (χ0) is 8.81. The van der Waals surface area contributed by atoms with Crippen LogP contribution < -0.4 is 5.32 Å². The number of carbonyl (C=O) groups excluding carboxylic acids is 1. The first-order valence-electron chi connectivity index (χ1n) is 3.80. The molecule has 2 nitrogen and oxygen atoms in total. The Morgan fingerprint density at radius 2 is 1.92 bits per heavy atom. The summed E-state index contributed by atoms with van der Waals surface area (Å²) in [5, 5.41) is 2.57. The summed E-state index contributed by atoms with van der Waals surface area (Å²) in [7, 11) is 0. The highest BCUT2D eigenvalue weighted by Crippen LogP contribution is 2.09. The lowest BCUT2D eigenvalue weighted by atomic mass is 10.2. The van der Waals surface area contributed by atoms with Crippen LogP contribution in [0.25, 0.3) is 6.08 Å². The molecule has 62 valence electrons. The number of amides is 1. The van der Waals surface area contributed by atoms with E-state index in [2.05, 4.69) is 5.32 Å². The third-order valence-corrected chi connectivity index (χ3v) is 1.50. The SMILES string of the molecule is C/C=C/c1ccc(NC=O)cc1. The molecule has 1 amide bonds. The van der Waals surface area contributed by atoms with Crippen molar-refractivity contribution < 1.29 is 4.79 Å². The van der Waals surface area contributed by atoms with Crippen LogP contribution in [0.15, 0.2) is 30.3 Å². The number of rotatable bonds is 3. The Bertz CT molecular complexity index is 274. The van der Waals surface area contributed by atoms with E-state index in [4.69, 9.17) is 0 Å². The molecule has 0 bridgehead atoms. The Morgan fingerprint density at radius 3 is 2.42 bits per heavy atom. The zero-order valence-electron chi connectivity index (χ0n) is 6.95. The Kier molecular flexibility index (Phi) is 3.08. The van der Waals surface area contributed by atoms with Gasteiger partial charge in [0.25, 0.3) is 0 Å². The van der Waals surface area contributed by atoms with Gasteiger partial charge in [0.15, 0.2) is 0 Å². The number of hydrogen-bond donors (Lipinski definition) is 1. The number of nitrogens with one attached hydrogen (secondary N) is 1. The van der Waals surface area contributed by atoms with Gasteiger partial charge in [0.05, 0.1) is 0 Å². The number of carbonyl (C=O) groups is 1. The fraction of sp³-hybridized carbons (Fsp3) is 0.100. The highest BCUT2D eigenvalue weighted by molar-refractivity contribution is 5.71. The molecule has 0 atom stereocenters. The van der Waals surface area contributed by atoms with Gasteiger partial charge in [0.1, 0.15) is 0 Å². The maximum Gasteiger partial charge on any atom is 0.211 e. The summed E-state index contributed by atoms with van der Waals surface area (Å²) in [6, 6.07) is 7.63. The van der Waals surface area contributed by atoms with Crippen molar-refractivity contribution in [2.45, 2.75) is 6.92 Å². The van der Waals surface area contributed by atoms with Gasteiger partial charge in [-0.2, -0.15) is 0 Å². The summed E-state index contributed by atoms with van der Waals surface area (Å²) in [6.07, 6.45) is 4.65. The molecule has 0 saturated heterocycles. The van der Waals surface area contributed by atoms with Gasteiger partial charge in [-0.3, -0.25) is 4.79 Å². The Labute approximate surface area is 71.9 Å². The molecular weight excluding hydrogens is 150 g/mol. The van der Waals surface area contributed by atoms with Gasteiger partial charge in [0.2, 0.25) is 6.41 Å². The molecule has 1 aromatic rings. The summed E-state index contributed by atoms with van der Waals surface area (Å²) in [5.74, 6) is 0. The first-order chi connectivity index (χ1) is 5.86. The van der Waals surface area contributed by atoms with Gasteiger partial charge < -0.3 is 5.32 Å². The molecule has 0 heterocycles. The van der Waals surface area contributed by atoms with E-state index in [9.17, 15) is 4.79 Å². The lowest BCUT2D eigenvalue weighted by molar-refractivity contribution is -0.105. The van der Waals surface area contributed by atoms with Gasteiger partial charge in [0, 0.05) is 5.69 Å². The molecular formula is C10H11NO. The van der Waals surface area contributed by atoms with Crippen LogP contribution in [0.3, 0.4) is 0 Å². The second-order valence-electron chi connectivity index (χ2n) is 2.38. The number of allylic oxidation sites excluding steroid dienone is 1. The first kappa shape index (κ1) is 8.53. The standard InChI is InChI=1S/C10H11NO/c1-2-3-9-4-6-10(7-5-9)11-8-12/h2-8H,1H3,(H,11,12)/b3-2+. The van der Waals surface area contributed by atoms with Crippen molar-refractivity contribution >= 4 is 18.2 Å². The molecule has 0 fully saturated rings. The van der Waals surface area contributed by atoms with E-state index in [1.54, 1.807) is 0 Å². The van der Waals surface area contributed by atoms with Gasteiger partial charge >= 0.3 is 0 Å². The Morgan fingerprint density at radius 1 is 1.25 bits per heavy atom. The predicted molar refractivity (Wildman–Crippen MR) is 50.8 cm³/mol. The maximum atomic E-state index is 10.1. The molecule has 1 rings (SSSR count). The number of hydrogen-bond acceptors (Lipinski definition) is 1. The van der Waals surface area contributed by atoms with Crippen molar-refractivity contribution in [2.75, 3.05) is 5.32 Å². The summed E-state index contributed by atoms with van der Waals surface area (Å²) in [5.41, 5.74) is 1.95. The van der Waals surface area contributed by atoms with Crippen LogP contribution in [-0.2, 0) is 4.79 Å². The van der Waals surface area contributed by atoms with E-state index < -0.39 is 0 Å². The molecule has 2 heteroatoms. The van der Waals surface area contributed by atoms with Crippen molar-refractivity contribution in [3.05, 3.63) is 35.9 Å². The molecule has 0 spiro atoms. The van der Waals surface area contributed by atoms with E-state index in [1.807, 2.05) is 43.3 Å². The Hall–Kier alpha value is -1.57. The van der Waals surface area contributed by atoms with E-state index in [0.29, 0.717) is 6.41 Å². The quantitative estimate of drug-likeness (QED) is 0.677. The normalized spacial score (nSPS) is 10.1. The van der Waals surface area contributed by atoms with Crippen LogP contribution in [0, 0.1) is 0 Å². The van der Waals surface area contributed by atoms with Crippen molar-refractivity contribution in [3.8, 4) is 0 Å². The minimum atomic E-state index is 0.671. The highest BCUT2D eigenvalue weighted by atomic mass is 16.1. The molecule has 0 aromatic heterocycles. The molecule has 0 saturated carbocycles. The topological polar surface area (TPSA) is 29.1 Å². The fourth-order valence-electron chi connectivity index (χ4n) is 0.951. The van der Waals surface area contributed by atoms with Crippen molar-refractivity contribution in [3.63, 3.8) is 0 Å². The highest BCUT2D eigenvalue weighted by Gasteiger charge is 1.88. The predicted octanol–water partition coefficient (Wildman–Crippen LogP) is 2.29. The van der Waals surface area contributed by atoms with E-state index in [-0.39, 0.29) is 0 Å². The summed E-state index contributed by atoms with van der Waals surface area (Å²) < 4.78 is 0. The molecule has 0 aliphatic rings. The second kappa shape index (κ2) is 4.34. The van der Waals surface area contributed by atoms with Crippen LogP contribution in [0.1, 0.15) is 12.5 Å². The van der Waals surface area contributed by atoms with Gasteiger partial charge in [-0.25, -0.2) is 0 Å². The molecule has 12 heavy (non-hydrogen) atoms. The van der Waals surface area contributed by atoms with Crippen LogP contribution in [0.2, 0.25) is 0 Å². The summed E-state index contributed by atoms with van der Waals surface area (Å²) in [4.78, 5) is 10.1. The Balaban J connectivity index is 2.77. The zero-order valence-corrected chi connectivity index (χ0v) is 6.95. The maximum absolute atomic E-state index is 10.1. The second-order valence-corrected chi connectivity index (χ2v) is 2.38. The van der Waals surface area contributed by atoms with Crippen molar-refractivity contribution in [2.24, 2.45) is 0 Å². The molecule has 0 unspecified atom stereocenters. The van der Waals surface area contributed by atoms with Crippen LogP contribution in [0.4, 0.5) is 5.69 Å². The largest absolute Gasteiger partial charge is 0.329 e. The van der Waals surface area contributed by atoms with Crippen LogP contribution in [-0.4, -0.2) is 6.41 Å². The molecule has 0 aliphatic heterocycles. The number of anilines is 1. The summed E-state index contributed by atoms with van der Waals surface area (Å²) in [6.45, 7) is 1.97. The fourth-order valence-corrected chi connectivity index (χ4v) is 0.951. The van der Waals surface area contributed by atoms with Crippen molar-refractivity contribution in [1.29, 1.82) is 0 Å². The third kappa shape index (κ3) is 2.23. The van der Waals surface area contributed by atoms with E-state index in [0.717, 1.165) is 11.3 Å². The minimum Gasteiger partial charge on any atom is -0.329 e. The lowest BCUT2D eigenvalue weighted by Gasteiger charge is -1.97. The molecule has 1 aromatic carbocycles. The molecule has 0 aliphatic carbocycles. The third-order valence-electron chi connectivity index (χ3n) is 1.50. The average molecular weight is 161 g/mol. The molecule has 0 radical (unpaired) electrons. The summed E-state index contributed by atoms with van der Waals surface area (Å²) >= 11 is 0. The molecule has 1 N–H and O–H groups in total. The number of benzene rings is 1. The van der Waals surface area contributed by atoms with Crippen LogP contribution in [0.5, 0.6) is 0 Å². The van der Waals surface area contributed by atoms with Gasteiger partial charge in [-0.05, 0) is 24.6 Å². The van der Waals surface area contributed by atoms with Crippen molar-refractivity contribution in [1.82, 2.24) is 0 Å². The first-order valence-corrected chi connectivity index (χ1v) is 3.80. The van der Waals surface area contributed by atoms with Gasteiger partial charge in [-0.15, -0.1) is 0 Å². The van der Waals surface area contributed by atoms with E-state index >= 15 is 0 Å². The average Bonchev–Trinajstić information content (AvgIpc) is 2.09.